The van der Waals surface area contributed by atoms with E-state index in [1.54, 1.807) is 12.1 Å². The highest BCUT2D eigenvalue weighted by Crippen LogP contribution is 2.36. The lowest BCUT2D eigenvalue weighted by Gasteiger charge is -2.26. The zero-order valence-corrected chi connectivity index (χ0v) is 21.0. The van der Waals surface area contributed by atoms with Gasteiger partial charge in [-0.25, -0.2) is 9.69 Å². The molecule has 172 valence electrons. The fourth-order valence-corrected chi connectivity index (χ4v) is 4.75. The van der Waals surface area contributed by atoms with Crippen LogP contribution < -0.4 is 15.0 Å². The molecule has 1 saturated heterocycles. The van der Waals surface area contributed by atoms with E-state index in [1.807, 2.05) is 31.2 Å². The number of carbonyl (C=O) groups excluding carboxylic acids is 3. The lowest BCUT2D eigenvalue weighted by atomic mass is 10.1. The summed E-state index contributed by atoms with van der Waals surface area (Å²) >= 11 is 6.97. The highest BCUT2D eigenvalue weighted by Gasteiger charge is 2.36. The average Bonchev–Trinajstić information content (AvgIpc) is 2.78. The summed E-state index contributed by atoms with van der Waals surface area (Å²) in [6.45, 7) is 2.38. The van der Waals surface area contributed by atoms with Gasteiger partial charge in [-0.15, -0.1) is 0 Å². The number of aromatic hydroxyl groups is 1. The zero-order valence-electron chi connectivity index (χ0n) is 17.8. The monoisotopic (exact) mass is 584 g/mol. The highest BCUT2D eigenvalue weighted by atomic mass is 79.9. The van der Waals surface area contributed by atoms with Crippen LogP contribution >= 0.6 is 31.9 Å². The van der Waals surface area contributed by atoms with Crippen LogP contribution in [-0.4, -0.2) is 23.0 Å². The first-order valence-electron chi connectivity index (χ1n) is 10.1. The van der Waals surface area contributed by atoms with E-state index in [0.29, 0.717) is 26.9 Å². The number of urea groups is 1. The number of phenolic OH excluding ortho intramolecular Hbond substituents is 1. The van der Waals surface area contributed by atoms with Gasteiger partial charge in [0.25, 0.3) is 11.8 Å². The summed E-state index contributed by atoms with van der Waals surface area (Å²) in [7, 11) is 0. The lowest BCUT2D eigenvalue weighted by molar-refractivity contribution is -0.122. The Morgan fingerprint density at radius 1 is 0.971 bits per heavy atom. The van der Waals surface area contributed by atoms with Gasteiger partial charge in [-0.3, -0.25) is 14.9 Å². The third kappa shape index (κ3) is 5.05. The molecule has 1 fully saturated rings. The van der Waals surface area contributed by atoms with Crippen LogP contribution in [0.1, 0.15) is 16.7 Å². The number of halogens is 2. The van der Waals surface area contributed by atoms with Gasteiger partial charge in [0.15, 0.2) is 0 Å². The molecule has 7 nitrogen and oxygen atoms in total. The van der Waals surface area contributed by atoms with E-state index in [-0.39, 0.29) is 17.0 Å². The molecule has 0 aliphatic carbocycles. The molecule has 0 saturated carbocycles. The molecule has 0 bridgehead atoms. The molecule has 0 aromatic heterocycles. The Morgan fingerprint density at radius 3 is 2.21 bits per heavy atom. The predicted octanol–water partition coefficient (Wildman–Crippen LogP) is 5.47. The molecule has 0 atom stereocenters. The van der Waals surface area contributed by atoms with Crippen LogP contribution in [0.3, 0.4) is 0 Å². The number of carbonyl (C=O) groups is 3. The van der Waals surface area contributed by atoms with E-state index < -0.39 is 17.8 Å². The number of amides is 4. The van der Waals surface area contributed by atoms with Gasteiger partial charge in [0, 0.05) is 0 Å². The summed E-state index contributed by atoms with van der Waals surface area (Å²) in [6, 6.07) is 16.1. The van der Waals surface area contributed by atoms with E-state index >= 15 is 0 Å². The first-order valence-corrected chi connectivity index (χ1v) is 11.7. The molecule has 3 aromatic carbocycles. The van der Waals surface area contributed by atoms with Crippen LogP contribution in [0.4, 0.5) is 10.5 Å². The average molecular weight is 586 g/mol. The molecule has 0 spiro atoms. The zero-order chi connectivity index (χ0) is 24.4. The van der Waals surface area contributed by atoms with E-state index in [1.165, 1.54) is 30.3 Å². The fraction of sp³-hybridized carbons (Fsp3) is 0.0800. The van der Waals surface area contributed by atoms with Gasteiger partial charge in [-0.1, -0.05) is 29.8 Å². The van der Waals surface area contributed by atoms with Gasteiger partial charge in [-0.2, -0.15) is 0 Å². The van der Waals surface area contributed by atoms with Crippen molar-refractivity contribution in [3.05, 3.63) is 91.9 Å². The van der Waals surface area contributed by atoms with Crippen LogP contribution in [0.2, 0.25) is 0 Å². The number of hydrogen-bond acceptors (Lipinski definition) is 5. The van der Waals surface area contributed by atoms with Gasteiger partial charge in [0.05, 0.1) is 14.6 Å². The number of aryl methyl sites for hydroxylation is 1. The first kappa shape index (κ1) is 23.7. The van der Waals surface area contributed by atoms with E-state index in [9.17, 15) is 19.5 Å². The smallest absolute Gasteiger partial charge is 0.335 e. The summed E-state index contributed by atoms with van der Waals surface area (Å²) in [5.74, 6) is -1.01. The third-order valence-electron chi connectivity index (χ3n) is 5.04. The Balaban J connectivity index is 1.60. The second-order valence-corrected chi connectivity index (χ2v) is 9.27. The van der Waals surface area contributed by atoms with Crippen LogP contribution in [0.5, 0.6) is 11.5 Å². The predicted molar refractivity (Wildman–Crippen MR) is 134 cm³/mol. The minimum Gasteiger partial charge on any atom is -0.508 e. The number of barbiturate groups is 1. The van der Waals surface area contributed by atoms with E-state index in [2.05, 4.69) is 37.2 Å². The topological polar surface area (TPSA) is 95.9 Å². The van der Waals surface area contributed by atoms with Gasteiger partial charge in [0.2, 0.25) is 0 Å². The molecule has 2 N–H and O–H groups in total. The van der Waals surface area contributed by atoms with Crippen molar-refractivity contribution in [2.24, 2.45) is 0 Å². The van der Waals surface area contributed by atoms with Gasteiger partial charge < -0.3 is 9.84 Å². The van der Waals surface area contributed by atoms with Gasteiger partial charge >= 0.3 is 6.03 Å². The van der Waals surface area contributed by atoms with Crippen LogP contribution in [0.25, 0.3) is 6.08 Å². The van der Waals surface area contributed by atoms with Crippen molar-refractivity contribution in [1.29, 1.82) is 0 Å². The number of benzene rings is 3. The second kappa shape index (κ2) is 9.82. The third-order valence-corrected chi connectivity index (χ3v) is 6.22. The van der Waals surface area contributed by atoms with Crippen LogP contribution in [0, 0.1) is 6.92 Å². The van der Waals surface area contributed by atoms with E-state index in [4.69, 9.17) is 4.74 Å². The summed E-state index contributed by atoms with van der Waals surface area (Å²) < 4.78 is 7.19. The molecule has 9 heteroatoms. The number of nitrogens with zero attached hydrogens (tertiary/aromatic N) is 1. The number of rotatable bonds is 5. The normalized spacial score (nSPS) is 15.0. The maximum atomic E-state index is 13.0. The van der Waals surface area contributed by atoms with Crippen LogP contribution in [-0.2, 0) is 16.2 Å². The minimum atomic E-state index is -0.861. The Kier molecular flexibility index (Phi) is 6.85. The number of ether oxygens (including phenoxy) is 1. The van der Waals surface area contributed by atoms with Gasteiger partial charge in [0.1, 0.15) is 23.7 Å². The number of nitrogens with one attached hydrogen (secondary N) is 1. The van der Waals surface area contributed by atoms with Crippen molar-refractivity contribution < 1.29 is 24.2 Å². The Labute approximate surface area is 212 Å². The molecular formula is C25H18Br2N2O5. The largest absolute Gasteiger partial charge is 0.508 e. The quantitative estimate of drug-likeness (QED) is 0.306. The maximum Gasteiger partial charge on any atom is 0.335 e. The molecule has 1 aliphatic rings. The Bertz CT molecular complexity index is 1300. The molecule has 0 unspecified atom stereocenters. The number of phenols is 1. The molecule has 4 amide bonds. The van der Waals surface area contributed by atoms with Crippen molar-refractivity contribution in [2.45, 2.75) is 13.5 Å². The fourth-order valence-electron chi connectivity index (χ4n) is 3.30. The molecule has 3 aromatic rings. The summed E-state index contributed by atoms with van der Waals surface area (Å²) in [5, 5.41) is 11.6. The SMILES string of the molecule is Cc1ccc(COc2c(Br)cc(/C=C3\C(=O)NC(=O)N(c4ccc(O)cc4)C3=O)cc2Br)cc1. The molecule has 0 radical (unpaired) electrons. The van der Waals surface area contributed by atoms with Crippen molar-refractivity contribution in [3.63, 3.8) is 0 Å². The summed E-state index contributed by atoms with van der Waals surface area (Å²) in [4.78, 5) is 38.6. The number of anilines is 1. The van der Waals surface area contributed by atoms with Crippen molar-refractivity contribution in [3.8, 4) is 11.5 Å². The minimum absolute atomic E-state index is 0.0140. The Morgan fingerprint density at radius 2 is 1.59 bits per heavy atom. The van der Waals surface area contributed by atoms with Crippen molar-refractivity contribution in [2.75, 3.05) is 4.90 Å². The molecule has 34 heavy (non-hydrogen) atoms. The standard InChI is InChI=1S/C25H18Br2N2O5/c1-14-2-4-15(5-3-14)13-34-22-20(26)11-16(12-21(22)27)10-19-23(31)28-25(33)29(24(19)32)17-6-8-18(30)9-7-17/h2-12,30H,13H2,1H3,(H,28,31,33)/b19-10+. The molecular weight excluding hydrogens is 568 g/mol. The summed E-state index contributed by atoms with van der Waals surface area (Å²) in [6.07, 6.45) is 1.40. The maximum absolute atomic E-state index is 13.0. The Hall–Kier alpha value is -3.43. The molecule has 1 heterocycles. The molecule has 4 rings (SSSR count). The first-order chi connectivity index (χ1) is 16.2. The second-order valence-electron chi connectivity index (χ2n) is 7.56. The summed E-state index contributed by atoms with van der Waals surface area (Å²) in [5.41, 5.74) is 2.73. The van der Waals surface area contributed by atoms with Crippen molar-refractivity contribution in [1.82, 2.24) is 5.32 Å². The van der Waals surface area contributed by atoms with E-state index in [0.717, 1.165) is 16.0 Å². The lowest BCUT2D eigenvalue weighted by Crippen LogP contribution is -2.54. The molecule has 1 aliphatic heterocycles. The van der Waals surface area contributed by atoms with Gasteiger partial charge in [-0.05, 0) is 92.4 Å². The number of hydrogen-bond donors (Lipinski definition) is 2. The highest BCUT2D eigenvalue weighted by molar-refractivity contribution is 9.11. The van der Waals surface area contributed by atoms with Crippen molar-refractivity contribution >= 4 is 61.5 Å². The number of imide groups is 2. The van der Waals surface area contributed by atoms with Crippen LogP contribution in [0.15, 0.2) is 75.2 Å².